The zero-order valence-electron chi connectivity index (χ0n) is 10.2. The summed E-state index contributed by atoms with van der Waals surface area (Å²) in [6.45, 7) is 3.93. The molecule has 1 aromatic carbocycles. The molecule has 1 aliphatic rings. The summed E-state index contributed by atoms with van der Waals surface area (Å²) in [6, 6.07) is 6.93. The van der Waals surface area contributed by atoms with E-state index in [1.54, 1.807) is 12.1 Å². The number of thioether (sulfide) groups is 1. The molecule has 3 nitrogen and oxygen atoms in total. The first-order chi connectivity index (χ1) is 8.39. The van der Waals surface area contributed by atoms with Crippen LogP contribution >= 0.6 is 24.0 Å². The molecule has 18 heavy (non-hydrogen) atoms. The Labute approximate surface area is 117 Å². The molecule has 0 radical (unpaired) electrons. The first kappa shape index (κ1) is 13.8. The number of thiocarbonyl (C=S) groups is 1. The third-order valence-corrected chi connectivity index (χ3v) is 6.18. The van der Waals surface area contributed by atoms with Crippen molar-refractivity contribution in [2.75, 3.05) is 0 Å². The number of sulfone groups is 1. The third kappa shape index (κ3) is 2.87. The molecule has 0 saturated carbocycles. The van der Waals surface area contributed by atoms with Gasteiger partial charge in [0.05, 0.1) is 4.90 Å². The van der Waals surface area contributed by atoms with E-state index >= 15 is 0 Å². The van der Waals surface area contributed by atoms with Crippen molar-refractivity contribution in [1.29, 1.82) is 0 Å². The number of rotatable bonds is 2. The Balaban J connectivity index is 2.30. The summed E-state index contributed by atoms with van der Waals surface area (Å²) in [4.78, 5) is 0.354. The summed E-state index contributed by atoms with van der Waals surface area (Å²) in [5.41, 5.74) is 1.05. The van der Waals surface area contributed by atoms with E-state index in [0.717, 1.165) is 5.56 Å². The van der Waals surface area contributed by atoms with E-state index in [9.17, 15) is 8.42 Å². The van der Waals surface area contributed by atoms with Crippen LogP contribution in [0.5, 0.6) is 0 Å². The number of benzene rings is 1. The number of hydrogen-bond acceptors (Lipinski definition) is 4. The lowest BCUT2D eigenvalue weighted by Gasteiger charge is -2.28. The maximum Gasteiger partial charge on any atom is 0.199 e. The summed E-state index contributed by atoms with van der Waals surface area (Å²) in [5, 5.41) is 2.53. The maximum atomic E-state index is 12.5. The van der Waals surface area contributed by atoms with Gasteiger partial charge in [-0.25, -0.2) is 8.42 Å². The van der Waals surface area contributed by atoms with E-state index in [2.05, 4.69) is 5.32 Å². The van der Waals surface area contributed by atoms with Crippen molar-refractivity contribution in [3.8, 4) is 0 Å². The van der Waals surface area contributed by atoms with Crippen molar-refractivity contribution in [1.82, 2.24) is 5.32 Å². The molecular formula is C12H15NO2S3. The number of aryl methyl sites for hydroxylation is 1. The smallest absolute Gasteiger partial charge is 0.199 e. The third-order valence-electron chi connectivity index (χ3n) is 2.86. The molecule has 1 N–H and O–H groups in total. The monoisotopic (exact) mass is 301 g/mol. The van der Waals surface area contributed by atoms with Crippen LogP contribution in [0.1, 0.15) is 18.9 Å². The van der Waals surface area contributed by atoms with Crippen molar-refractivity contribution in [2.45, 2.75) is 35.8 Å². The second-order valence-electron chi connectivity index (χ2n) is 4.44. The van der Waals surface area contributed by atoms with Crippen LogP contribution in [0.15, 0.2) is 29.2 Å². The minimum Gasteiger partial charge on any atom is -0.354 e. The average molecular weight is 301 g/mol. The first-order valence-electron chi connectivity index (χ1n) is 5.67. The van der Waals surface area contributed by atoms with Gasteiger partial charge in [-0.3, -0.25) is 0 Å². The molecule has 1 saturated heterocycles. The van der Waals surface area contributed by atoms with Gasteiger partial charge >= 0.3 is 0 Å². The van der Waals surface area contributed by atoms with Gasteiger partial charge in [-0.15, -0.1) is 0 Å². The van der Waals surface area contributed by atoms with E-state index in [1.165, 1.54) is 11.8 Å². The molecule has 0 unspecified atom stereocenters. The summed E-state index contributed by atoms with van der Waals surface area (Å²) in [5.74, 6) is 0. The molecule has 1 heterocycles. The number of nitrogens with one attached hydrogen (secondary N) is 1. The molecule has 6 heteroatoms. The second-order valence-corrected chi connectivity index (χ2v) is 8.69. The first-order valence-corrected chi connectivity index (χ1v) is 8.51. The maximum absolute atomic E-state index is 12.5. The largest absolute Gasteiger partial charge is 0.354 e. The van der Waals surface area contributed by atoms with E-state index in [-0.39, 0.29) is 5.25 Å². The molecule has 2 atom stereocenters. The highest BCUT2D eigenvalue weighted by molar-refractivity contribution is 8.23. The van der Waals surface area contributed by atoms with Crippen molar-refractivity contribution >= 4 is 38.1 Å². The van der Waals surface area contributed by atoms with Crippen molar-refractivity contribution < 1.29 is 8.42 Å². The van der Waals surface area contributed by atoms with E-state index in [4.69, 9.17) is 12.2 Å². The molecule has 1 aromatic rings. The van der Waals surface area contributed by atoms with Crippen LogP contribution in [0.3, 0.4) is 0 Å². The highest BCUT2D eigenvalue weighted by Crippen LogP contribution is 2.28. The average Bonchev–Trinajstić information content (AvgIpc) is 2.28. The van der Waals surface area contributed by atoms with Gasteiger partial charge in [0.2, 0.25) is 0 Å². The lowest BCUT2D eigenvalue weighted by atomic mass is 10.2. The summed E-state index contributed by atoms with van der Waals surface area (Å²) in [6.07, 6.45) is 0.570. The zero-order valence-corrected chi connectivity index (χ0v) is 12.7. The lowest BCUT2D eigenvalue weighted by Crippen LogP contribution is -2.44. The van der Waals surface area contributed by atoms with Gasteiger partial charge in [0, 0.05) is 5.25 Å². The standard InChI is InChI=1S/C12H15NO2S3/c1-8-3-5-10(6-4-8)18(14,15)11-7-9(2)17-12(16)13-11/h3-6,9,11H,7H2,1-2H3,(H,13,16)/t9-,11-/m0/s1. The zero-order chi connectivity index (χ0) is 13.3. The molecule has 0 bridgehead atoms. The van der Waals surface area contributed by atoms with Gasteiger partial charge in [0.1, 0.15) is 9.69 Å². The van der Waals surface area contributed by atoms with Gasteiger partial charge < -0.3 is 5.32 Å². The fourth-order valence-corrected chi connectivity index (χ4v) is 5.28. The summed E-state index contributed by atoms with van der Waals surface area (Å²) < 4.78 is 25.5. The molecule has 1 aliphatic heterocycles. The van der Waals surface area contributed by atoms with E-state index in [0.29, 0.717) is 15.6 Å². The van der Waals surface area contributed by atoms with Crippen LogP contribution in [0.2, 0.25) is 0 Å². The van der Waals surface area contributed by atoms with Crippen LogP contribution in [0.4, 0.5) is 0 Å². The van der Waals surface area contributed by atoms with Crippen molar-refractivity contribution in [3.63, 3.8) is 0 Å². The van der Waals surface area contributed by atoms with Crippen LogP contribution < -0.4 is 5.32 Å². The highest BCUT2D eigenvalue weighted by atomic mass is 32.2. The molecule has 0 amide bonds. The molecule has 1 fully saturated rings. The lowest BCUT2D eigenvalue weighted by molar-refractivity contribution is 0.561. The molecular weight excluding hydrogens is 286 g/mol. The van der Waals surface area contributed by atoms with Crippen molar-refractivity contribution in [3.05, 3.63) is 29.8 Å². The van der Waals surface area contributed by atoms with Crippen LogP contribution in [-0.2, 0) is 9.84 Å². The van der Waals surface area contributed by atoms with Gasteiger partial charge in [-0.05, 0) is 25.5 Å². The van der Waals surface area contributed by atoms with E-state index < -0.39 is 15.2 Å². The fraction of sp³-hybridized carbons (Fsp3) is 0.417. The molecule has 0 aromatic heterocycles. The van der Waals surface area contributed by atoms with E-state index in [1.807, 2.05) is 26.0 Å². The van der Waals surface area contributed by atoms with Gasteiger partial charge in [0.15, 0.2) is 9.84 Å². The number of hydrogen-bond donors (Lipinski definition) is 1. The van der Waals surface area contributed by atoms with Gasteiger partial charge in [-0.2, -0.15) is 0 Å². The Morgan fingerprint density at radius 3 is 2.50 bits per heavy atom. The summed E-state index contributed by atoms with van der Waals surface area (Å²) in [7, 11) is -3.36. The molecule has 0 spiro atoms. The quantitative estimate of drug-likeness (QED) is 0.850. The topological polar surface area (TPSA) is 46.2 Å². The Bertz CT molecular complexity index is 551. The Morgan fingerprint density at radius 2 is 1.94 bits per heavy atom. The predicted molar refractivity (Wildman–Crippen MR) is 79.6 cm³/mol. The minimum absolute atomic E-state index is 0.226. The van der Waals surface area contributed by atoms with Gasteiger partial charge in [0.25, 0.3) is 0 Å². The minimum atomic E-state index is -3.36. The predicted octanol–water partition coefficient (Wildman–Crippen LogP) is 2.49. The van der Waals surface area contributed by atoms with Crippen LogP contribution in [0.25, 0.3) is 0 Å². The Hall–Kier alpha value is -0.590. The Kier molecular flexibility index (Phi) is 3.99. The SMILES string of the molecule is Cc1ccc(S(=O)(=O)[C@H]2C[C@H](C)SC(=S)N2)cc1. The second kappa shape index (κ2) is 5.19. The van der Waals surface area contributed by atoms with Crippen LogP contribution in [0, 0.1) is 6.92 Å². The molecule has 98 valence electrons. The van der Waals surface area contributed by atoms with Gasteiger partial charge in [-0.1, -0.05) is 48.6 Å². The normalized spacial score (nSPS) is 24.7. The molecule has 0 aliphatic carbocycles. The molecule has 2 rings (SSSR count). The summed E-state index contributed by atoms with van der Waals surface area (Å²) >= 11 is 6.60. The van der Waals surface area contributed by atoms with Crippen molar-refractivity contribution in [2.24, 2.45) is 0 Å². The highest BCUT2D eigenvalue weighted by Gasteiger charge is 2.33. The fourth-order valence-electron chi connectivity index (χ4n) is 1.85. The Morgan fingerprint density at radius 1 is 1.33 bits per heavy atom. The van der Waals surface area contributed by atoms with Crippen LogP contribution in [-0.4, -0.2) is 23.4 Å².